The maximum absolute atomic E-state index is 12.5. The van der Waals surface area contributed by atoms with E-state index in [4.69, 9.17) is 51.1 Å². The number of hydrogen-bond donors (Lipinski definition) is 2. The molecule has 4 aromatic rings. The van der Waals surface area contributed by atoms with E-state index in [-0.39, 0.29) is 11.8 Å². The largest absolute Gasteiger partial charge is 0.457 e. The van der Waals surface area contributed by atoms with Crippen molar-refractivity contribution in [3.63, 3.8) is 0 Å². The molecule has 0 aliphatic carbocycles. The molecule has 0 bridgehead atoms. The Bertz CT molecular complexity index is 1280. The summed E-state index contributed by atoms with van der Waals surface area (Å²) in [4.78, 5) is 24.9. The van der Waals surface area contributed by atoms with Gasteiger partial charge in [0.2, 0.25) is 0 Å². The molecule has 5 nitrogen and oxygen atoms in total. The van der Waals surface area contributed by atoms with Crippen LogP contribution >= 0.6 is 46.4 Å². The van der Waals surface area contributed by atoms with Crippen LogP contribution in [0.4, 0.5) is 11.4 Å². The lowest BCUT2D eigenvalue weighted by atomic mass is 10.2. The van der Waals surface area contributed by atoms with Crippen LogP contribution in [-0.2, 0) is 0 Å². The second-order valence-corrected chi connectivity index (χ2v) is 8.95. The number of carbonyl (C=O) groups excluding carboxylic acids is 2. The smallest absolute Gasteiger partial charge is 0.255 e. The number of ether oxygens (including phenoxy) is 1. The summed E-state index contributed by atoms with van der Waals surface area (Å²) in [5.74, 6) is 0.466. The SMILES string of the molecule is O=C(Nc1ccc(Cl)c(Cl)c1)c1ccc(Oc2ccc(C(=O)Nc3ccc(Cl)c(Cl)c3)cc2)cc1. The van der Waals surface area contributed by atoms with E-state index in [0.717, 1.165) is 0 Å². The summed E-state index contributed by atoms with van der Waals surface area (Å²) in [7, 11) is 0. The molecule has 0 spiro atoms. The summed E-state index contributed by atoms with van der Waals surface area (Å²) in [6, 6.07) is 23.0. The molecule has 176 valence electrons. The van der Waals surface area contributed by atoms with Crippen molar-refractivity contribution in [3.05, 3.63) is 116 Å². The molecule has 4 rings (SSSR count). The number of amides is 2. The van der Waals surface area contributed by atoms with Crippen LogP contribution in [0, 0.1) is 0 Å². The van der Waals surface area contributed by atoms with Gasteiger partial charge in [-0.3, -0.25) is 9.59 Å². The summed E-state index contributed by atoms with van der Waals surface area (Å²) in [5, 5.41) is 7.04. The van der Waals surface area contributed by atoms with E-state index in [9.17, 15) is 9.59 Å². The summed E-state index contributed by atoms with van der Waals surface area (Å²) in [5.41, 5.74) is 1.96. The van der Waals surface area contributed by atoms with Gasteiger partial charge in [0.15, 0.2) is 0 Å². The zero-order chi connectivity index (χ0) is 24.9. The molecule has 0 saturated carbocycles. The molecule has 0 heterocycles. The number of anilines is 2. The Balaban J connectivity index is 1.36. The highest BCUT2D eigenvalue weighted by molar-refractivity contribution is 6.42. The second kappa shape index (κ2) is 11.0. The van der Waals surface area contributed by atoms with Gasteiger partial charge < -0.3 is 15.4 Å². The van der Waals surface area contributed by atoms with Gasteiger partial charge in [-0.2, -0.15) is 0 Å². The minimum Gasteiger partial charge on any atom is -0.457 e. The number of nitrogens with one attached hydrogen (secondary N) is 2. The summed E-state index contributed by atoms with van der Waals surface area (Å²) < 4.78 is 5.81. The zero-order valence-corrected chi connectivity index (χ0v) is 20.8. The third-order valence-electron chi connectivity index (χ3n) is 4.82. The zero-order valence-electron chi connectivity index (χ0n) is 17.8. The highest BCUT2D eigenvalue weighted by Gasteiger charge is 2.10. The van der Waals surface area contributed by atoms with Crippen LogP contribution in [0.2, 0.25) is 20.1 Å². The Hall–Kier alpha value is -3.22. The van der Waals surface area contributed by atoms with Crippen molar-refractivity contribution in [3.8, 4) is 11.5 Å². The van der Waals surface area contributed by atoms with E-state index >= 15 is 0 Å². The molecule has 0 radical (unpaired) electrons. The van der Waals surface area contributed by atoms with Gasteiger partial charge in [0.25, 0.3) is 11.8 Å². The molecule has 0 aliphatic heterocycles. The fourth-order valence-corrected chi connectivity index (χ4v) is 3.64. The molecule has 0 aliphatic rings. The summed E-state index contributed by atoms with van der Waals surface area (Å²) >= 11 is 23.8. The van der Waals surface area contributed by atoms with Gasteiger partial charge in [-0.1, -0.05) is 46.4 Å². The molecule has 0 aromatic heterocycles. The quantitative estimate of drug-likeness (QED) is 0.255. The van der Waals surface area contributed by atoms with Crippen LogP contribution in [0.1, 0.15) is 20.7 Å². The van der Waals surface area contributed by atoms with E-state index < -0.39 is 0 Å². The number of hydrogen-bond acceptors (Lipinski definition) is 3. The molecule has 4 aromatic carbocycles. The molecule has 0 unspecified atom stereocenters. The third-order valence-corrected chi connectivity index (χ3v) is 6.30. The van der Waals surface area contributed by atoms with E-state index in [1.807, 2.05) is 0 Å². The van der Waals surface area contributed by atoms with Gasteiger partial charge in [-0.15, -0.1) is 0 Å². The van der Waals surface area contributed by atoms with E-state index in [1.165, 1.54) is 0 Å². The normalized spacial score (nSPS) is 10.5. The minimum atomic E-state index is -0.299. The van der Waals surface area contributed by atoms with Crippen molar-refractivity contribution in [1.82, 2.24) is 0 Å². The average Bonchev–Trinajstić information content (AvgIpc) is 2.84. The molecular formula is C26H16Cl4N2O3. The molecule has 0 saturated heterocycles. The van der Waals surface area contributed by atoms with Crippen LogP contribution in [0.5, 0.6) is 11.5 Å². The minimum absolute atomic E-state index is 0.299. The van der Waals surface area contributed by atoms with E-state index in [2.05, 4.69) is 10.6 Å². The van der Waals surface area contributed by atoms with Gasteiger partial charge in [0.1, 0.15) is 11.5 Å². The van der Waals surface area contributed by atoms with Crippen LogP contribution < -0.4 is 15.4 Å². The fraction of sp³-hybridized carbons (Fsp3) is 0. The van der Waals surface area contributed by atoms with Crippen LogP contribution in [0.25, 0.3) is 0 Å². The molecule has 2 N–H and O–H groups in total. The van der Waals surface area contributed by atoms with Crippen molar-refractivity contribution in [2.24, 2.45) is 0 Å². The van der Waals surface area contributed by atoms with E-state index in [0.29, 0.717) is 54.1 Å². The van der Waals surface area contributed by atoms with Crippen LogP contribution in [0.15, 0.2) is 84.9 Å². The maximum Gasteiger partial charge on any atom is 0.255 e. The van der Waals surface area contributed by atoms with Crippen molar-refractivity contribution in [2.45, 2.75) is 0 Å². The van der Waals surface area contributed by atoms with Gasteiger partial charge in [0.05, 0.1) is 20.1 Å². The maximum atomic E-state index is 12.5. The lowest BCUT2D eigenvalue weighted by molar-refractivity contribution is 0.101. The Morgan fingerprint density at radius 1 is 0.514 bits per heavy atom. The topological polar surface area (TPSA) is 67.4 Å². The van der Waals surface area contributed by atoms with Crippen LogP contribution in [0.3, 0.4) is 0 Å². The van der Waals surface area contributed by atoms with Gasteiger partial charge >= 0.3 is 0 Å². The first-order chi connectivity index (χ1) is 16.8. The number of benzene rings is 4. The van der Waals surface area contributed by atoms with Crippen LogP contribution in [-0.4, -0.2) is 11.8 Å². The first kappa shape index (κ1) is 24.9. The molecule has 0 atom stereocenters. The van der Waals surface area contributed by atoms with Gasteiger partial charge in [-0.25, -0.2) is 0 Å². The summed E-state index contributed by atoms with van der Waals surface area (Å²) in [6.45, 7) is 0. The molecule has 0 fully saturated rings. The molecule has 2 amide bonds. The Morgan fingerprint density at radius 2 is 0.886 bits per heavy atom. The van der Waals surface area contributed by atoms with Crippen molar-refractivity contribution in [1.29, 1.82) is 0 Å². The Morgan fingerprint density at radius 3 is 1.23 bits per heavy atom. The lowest BCUT2D eigenvalue weighted by Gasteiger charge is -2.09. The predicted molar refractivity (Wildman–Crippen MR) is 142 cm³/mol. The molecule has 9 heteroatoms. The monoisotopic (exact) mass is 544 g/mol. The highest BCUT2D eigenvalue weighted by Crippen LogP contribution is 2.27. The van der Waals surface area contributed by atoms with Crippen molar-refractivity contribution >= 4 is 69.6 Å². The van der Waals surface area contributed by atoms with Crippen molar-refractivity contribution in [2.75, 3.05) is 10.6 Å². The predicted octanol–water partition coefficient (Wildman–Crippen LogP) is 8.60. The average molecular weight is 546 g/mol. The third kappa shape index (κ3) is 6.47. The number of carbonyl (C=O) groups is 2. The number of halogens is 4. The van der Waals surface area contributed by atoms with Crippen molar-refractivity contribution < 1.29 is 14.3 Å². The Labute approximate surface area is 221 Å². The van der Waals surface area contributed by atoms with Gasteiger partial charge in [0, 0.05) is 22.5 Å². The highest BCUT2D eigenvalue weighted by atomic mass is 35.5. The fourth-order valence-electron chi connectivity index (χ4n) is 3.04. The Kier molecular flexibility index (Phi) is 7.83. The summed E-state index contributed by atoms with van der Waals surface area (Å²) in [6.07, 6.45) is 0. The lowest BCUT2D eigenvalue weighted by Crippen LogP contribution is -2.11. The number of rotatable bonds is 6. The van der Waals surface area contributed by atoms with E-state index in [1.54, 1.807) is 84.9 Å². The first-order valence-electron chi connectivity index (χ1n) is 10.2. The first-order valence-corrected chi connectivity index (χ1v) is 11.7. The molecule has 35 heavy (non-hydrogen) atoms. The second-order valence-electron chi connectivity index (χ2n) is 7.32. The molecular weight excluding hydrogens is 530 g/mol. The van der Waals surface area contributed by atoms with Gasteiger partial charge in [-0.05, 0) is 84.9 Å². The standard InChI is InChI=1S/C26H16Cl4N2O3/c27-21-11-5-17(13-23(21)29)31-25(33)15-1-7-19(8-2-15)35-20-9-3-16(4-10-20)26(34)32-18-6-12-22(28)24(30)14-18/h1-14H,(H,31,33)(H,32,34).